The van der Waals surface area contributed by atoms with E-state index in [4.69, 9.17) is 5.11 Å². The van der Waals surface area contributed by atoms with E-state index in [0.29, 0.717) is 12.2 Å². The third kappa shape index (κ3) is 3.32. The zero-order chi connectivity index (χ0) is 8.85. The van der Waals surface area contributed by atoms with Gasteiger partial charge in [-0.25, -0.2) is 4.79 Å². The van der Waals surface area contributed by atoms with E-state index in [9.17, 15) is 9.00 Å². The first-order valence-corrected chi connectivity index (χ1v) is 4.77. The molecule has 1 atom stereocenters. The molecule has 4 heteroatoms. The van der Waals surface area contributed by atoms with E-state index in [0.717, 1.165) is 0 Å². The number of carbonyl (C=O) groups is 1. The number of hydrogen-bond donors (Lipinski definition) is 1. The van der Waals surface area contributed by atoms with Crippen molar-refractivity contribution in [1.82, 2.24) is 0 Å². The van der Waals surface area contributed by atoms with Crippen LogP contribution in [-0.4, -0.2) is 21.0 Å². The van der Waals surface area contributed by atoms with Gasteiger partial charge in [-0.1, -0.05) is 19.9 Å². The summed E-state index contributed by atoms with van der Waals surface area (Å²) in [6.07, 6.45) is 2.09. The highest BCUT2D eigenvalue weighted by Gasteiger charge is 2.12. The minimum Gasteiger partial charge on any atom is -0.477 e. The molecule has 0 aliphatic rings. The Morgan fingerprint density at radius 2 is 2.09 bits per heavy atom. The van der Waals surface area contributed by atoms with Crippen molar-refractivity contribution in [2.75, 3.05) is 5.75 Å². The van der Waals surface area contributed by atoms with Crippen molar-refractivity contribution in [2.24, 2.45) is 0 Å². The van der Waals surface area contributed by atoms with Gasteiger partial charge in [0.2, 0.25) is 0 Å². The Kier molecular flexibility index (Phi) is 4.77. The summed E-state index contributed by atoms with van der Waals surface area (Å²) in [6.45, 7) is 3.51. The van der Waals surface area contributed by atoms with Crippen LogP contribution in [-0.2, 0) is 15.6 Å². The summed E-state index contributed by atoms with van der Waals surface area (Å²) in [4.78, 5) is 10.5. The SMILES string of the molecule is CC/C=C(\C(=O)O)S(=O)CC. The molecule has 0 amide bonds. The van der Waals surface area contributed by atoms with Crippen LogP contribution in [0.15, 0.2) is 11.0 Å². The summed E-state index contributed by atoms with van der Waals surface area (Å²) < 4.78 is 11.0. The fourth-order valence-corrected chi connectivity index (χ4v) is 1.48. The van der Waals surface area contributed by atoms with Gasteiger partial charge in [-0.05, 0) is 6.42 Å². The van der Waals surface area contributed by atoms with Crippen LogP contribution in [0.3, 0.4) is 0 Å². The fraction of sp³-hybridized carbons (Fsp3) is 0.571. The number of allylic oxidation sites excluding steroid dienone is 1. The van der Waals surface area contributed by atoms with Crippen LogP contribution in [0, 0.1) is 0 Å². The predicted octanol–water partition coefficient (Wildman–Crippen LogP) is 1.13. The Labute approximate surface area is 68.6 Å². The minimum atomic E-state index is -1.33. The van der Waals surface area contributed by atoms with Crippen LogP contribution in [0.25, 0.3) is 0 Å². The van der Waals surface area contributed by atoms with Gasteiger partial charge >= 0.3 is 5.97 Å². The zero-order valence-electron chi connectivity index (χ0n) is 6.66. The van der Waals surface area contributed by atoms with Crippen LogP contribution in [0.1, 0.15) is 20.3 Å². The largest absolute Gasteiger partial charge is 0.477 e. The lowest BCUT2D eigenvalue weighted by Gasteiger charge is -1.97. The Bertz CT molecular complexity index is 196. The summed E-state index contributed by atoms with van der Waals surface area (Å²) in [7, 11) is -1.33. The maximum absolute atomic E-state index is 11.0. The lowest BCUT2D eigenvalue weighted by Crippen LogP contribution is -2.08. The number of rotatable bonds is 4. The second kappa shape index (κ2) is 5.07. The molecule has 1 N–H and O–H groups in total. The highest BCUT2D eigenvalue weighted by atomic mass is 32.2. The van der Waals surface area contributed by atoms with E-state index < -0.39 is 16.8 Å². The van der Waals surface area contributed by atoms with Gasteiger partial charge < -0.3 is 5.11 Å². The lowest BCUT2D eigenvalue weighted by molar-refractivity contribution is -0.131. The van der Waals surface area contributed by atoms with Crippen LogP contribution in [0.2, 0.25) is 0 Å². The topological polar surface area (TPSA) is 54.4 Å². The standard InChI is InChI=1S/C7H12O3S/c1-3-5-6(7(8)9)11(10)4-2/h5H,3-4H2,1-2H3,(H,8,9)/b6-5+. The molecule has 0 spiro atoms. The molecule has 1 unspecified atom stereocenters. The van der Waals surface area contributed by atoms with Crippen LogP contribution < -0.4 is 0 Å². The van der Waals surface area contributed by atoms with Crippen LogP contribution >= 0.6 is 0 Å². The van der Waals surface area contributed by atoms with Crippen molar-refractivity contribution in [3.63, 3.8) is 0 Å². The average Bonchev–Trinajstić information content (AvgIpc) is 1.98. The first-order valence-electron chi connectivity index (χ1n) is 3.45. The van der Waals surface area contributed by atoms with Crippen molar-refractivity contribution in [3.05, 3.63) is 11.0 Å². The maximum atomic E-state index is 11.0. The van der Waals surface area contributed by atoms with Crippen LogP contribution in [0.5, 0.6) is 0 Å². The van der Waals surface area contributed by atoms with Crippen molar-refractivity contribution >= 4 is 16.8 Å². The molecule has 0 bridgehead atoms. The summed E-state index contributed by atoms with van der Waals surface area (Å²) >= 11 is 0. The zero-order valence-corrected chi connectivity index (χ0v) is 7.48. The van der Waals surface area contributed by atoms with E-state index in [1.807, 2.05) is 6.92 Å². The molecule has 64 valence electrons. The molecule has 0 saturated heterocycles. The number of carboxylic acid groups (broad SMARTS) is 1. The van der Waals surface area contributed by atoms with Gasteiger partial charge in [-0.2, -0.15) is 0 Å². The highest BCUT2D eigenvalue weighted by molar-refractivity contribution is 7.89. The van der Waals surface area contributed by atoms with Gasteiger partial charge in [-0.3, -0.25) is 4.21 Å². The number of carboxylic acids is 1. The van der Waals surface area contributed by atoms with Crippen molar-refractivity contribution in [2.45, 2.75) is 20.3 Å². The highest BCUT2D eigenvalue weighted by Crippen LogP contribution is 2.03. The second-order valence-corrected chi connectivity index (χ2v) is 3.62. The molecule has 3 nitrogen and oxygen atoms in total. The molecule has 0 fully saturated rings. The molecule has 11 heavy (non-hydrogen) atoms. The predicted molar refractivity (Wildman–Crippen MR) is 44.7 cm³/mol. The molecule has 0 radical (unpaired) electrons. The van der Waals surface area contributed by atoms with E-state index in [1.54, 1.807) is 6.92 Å². The van der Waals surface area contributed by atoms with Gasteiger partial charge in [0.1, 0.15) is 4.91 Å². The molecular weight excluding hydrogens is 164 g/mol. The maximum Gasteiger partial charge on any atom is 0.344 e. The smallest absolute Gasteiger partial charge is 0.344 e. The summed E-state index contributed by atoms with van der Waals surface area (Å²) in [6, 6.07) is 0. The van der Waals surface area contributed by atoms with E-state index in [1.165, 1.54) is 6.08 Å². The first-order chi connectivity index (χ1) is 5.13. The Morgan fingerprint density at radius 1 is 1.55 bits per heavy atom. The van der Waals surface area contributed by atoms with Gasteiger partial charge in [0, 0.05) is 5.75 Å². The number of hydrogen-bond acceptors (Lipinski definition) is 2. The van der Waals surface area contributed by atoms with Gasteiger partial charge in [0.25, 0.3) is 0 Å². The summed E-state index contributed by atoms with van der Waals surface area (Å²) in [5.41, 5.74) is 0. The molecule has 0 heterocycles. The third-order valence-corrected chi connectivity index (χ3v) is 2.46. The van der Waals surface area contributed by atoms with Crippen molar-refractivity contribution < 1.29 is 14.1 Å². The Morgan fingerprint density at radius 3 is 2.36 bits per heavy atom. The Balaban J connectivity index is 4.48. The molecule has 0 aromatic heterocycles. The molecular formula is C7H12O3S. The van der Waals surface area contributed by atoms with E-state index in [-0.39, 0.29) is 4.91 Å². The van der Waals surface area contributed by atoms with Gasteiger partial charge in [0.05, 0.1) is 10.8 Å². The molecule has 0 aromatic carbocycles. The molecule has 0 rings (SSSR count). The molecule has 0 aliphatic carbocycles. The van der Waals surface area contributed by atoms with Gasteiger partial charge in [0.15, 0.2) is 0 Å². The quantitative estimate of drug-likeness (QED) is 0.653. The average molecular weight is 176 g/mol. The lowest BCUT2D eigenvalue weighted by atomic mass is 10.4. The normalized spacial score (nSPS) is 14.5. The minimum absolute atomic E-state index is 0.0231. The van der Waals surface area contributed by atoms with Gasteiger partial charge in [-0.15, -0.1) is 0 Å². The van der Waals surface area contributed by atoms with Crippen molar-refractivity contribution in [3.8, 4) is 0 Å². The summed E-state index contributed by atoms with van der Waals surface area (Å²) in [5, 5.41) is 8.54. The fourth-order valence-electron chi connectivity index (χ4n) is 0.619. The molecule has 0 aliphatic heterocycles. The van der Waals surface area contributed by atoms with E-state index >= 15 is 0 Å². The van der Waals surface area contributed by atoms with Crippen LogP contribution in [0.4, 0.5) is 0 Å². The first kappa shape index (κ1) is 10.4. The van der Waals surface area contributed by atoms with Crippen molar-refractivity contribution in [1.29, 1.82) is 0 Å². The second-order valence-electron chi connectivity index (χ2n) is 1.92. The monoisotopic (exact) mass is 176 g/mol. The summed E-state index contributed by atoms with van der Waals surface area (Å²) in [5.74, 6) is -0.718. The molecule has 0 saturated carbocycles. The van der Waals surface area contributed by atoms with E-state index in [2.05, 4.69) is 0 Å². The number of aliphatic carboxylic acids is 1. The third-order valence-electron chi connectivity index (χ3n) is 1.11. The molecule has 0 aromatic rings. The Hall–Kier alpha value is -0.640.